The Morgan fingerprint density at radius 3 is 2.43 bits per heavy atom. The lowest BCUT2D eigenvalue weighted by Crippen LogP contribution is -2.29. The van der Waals surface area contributed by atoms with Crippen molar-refractivity contribution in [1.82, 2.24) is 4.90 Å². The van der Waals surface area contributed by atoms with E-state index in [0.717, 1.165) is 36.0 Å². The van der Waals surface area contributed by atoms with Gasteiger partial charge in [0.15, 0.2) is 5.17 Å². The molecule has 0 aliphatic carbocycles. The van der Waals surface area contributed by atoms with E-state index in [1.54, 1.807) is 31.2 Å². The smallest absolute Gasteiger partial charge is 0.284 e. The van der Waals surface area contributed by atoms with Crippen LogP contribution in [0.15, 0.2) is 56.7 Å². The van der Waals surface area contributed by atoms with Crippen LogP contribution in [0.25, 0.3) is 6.08 Å². The van der Waals surface area contributed by atoms with Crippen LogP contribution in [-0.4, -0.2) is 45.2 Å². The Morgan fingerprint density at radius 2 is 1.83 bits per heavy atom. The largest absolute Gasteiger partial charge is 0.497 e. The number of methoxy groups -OCH3 is 2. The molecule has 1 aliphatic heterocycles. The first kappa shape index (κ1) is 21.8. The summed E-state index contributed by atoms with van der Waals surface area (Å²) >= 11 is 0.948. The van der Waals surface area contributed by atoms with Crippen molar-refractivity contribution in [3.05, 3.63) is 58.8 Å². The van der Waals surface area contributed by atoms with E-state index in [-0.39, 0.29) is 22.5 Å². The van der Waals surface area contributed by atoms with Crippen LogP contribution in [0.2, 0.25) is 0 Å². The summed E-state index contributed by atoms with van der Waals surface area (Å²) in [6.45, 7) is 1.95. The van der Waals surface area contributed by atoms with Gasteiger partial charge in [0, 0.05) is 18.2 Å². The molecule has 0 spiro atoms. The topological polar surface area (TPSA) is 85.3 Å². The fourth-order valence-corrected chi connectivity index (χ4v) is 4.93. The van der Waals surface area contributed by atoms with Crippen molar-refractivity contribution >= 4 is 38.9 Å². The van der Waals surface area contributed by atoms with Crippen molar-refractivity contribution in [1.29, 1.82) is 0 Å². The van der Waals surface area contributed by atoms with Crippen LogP contribution >= 0.6 is 11.8 Å². The highest BCUT2D eigenvalue weighted by atomic mass is 32.2. The first-order chi connectivity index (χ1) is 14.3. The van der Waals surface area contributed by atoms with Crippen LogP contribution in [-0.2, 0) is 14.8 Å². The van der Waals surface area contributed by atoms with E-state index in [1.165, 1.54) is 19.1 Å². The number of benzene rings is 2. The van der Waals surface area contributed by atoms with Crippen LogP contribution in [0.4, 0.5) is 4.39 Å². The highest BCUT2D eigenvalue weighted by Crippen LogP contribution is 2.36. The van der Waals surface area contributed by atoms with E-state index >= 15 is 0 Å². The minimum absolute atomic E-state index is 0.0329. The maximum absolute atomic E-state index is 13.1. The molecule has 158 valence electrons. The number of carbonyl (C=O) groups is 1. The molecule has 1 fully saturated rings. The number of ether oxygens (including phenoxy) is 2. The van der Waals surface area contributed by atoms with Crippen LogP contribution in [0.3, 0.4) is 0 Å². The van der Waals surface area contributed by atoms with Gasteiger partial charge in [0.1, 0.15) is 17.3 Å². The third-order valence-corrected chi connectivity index (χ3v) is 6.64. The average molecular weight is 451 g/mol. The summed E-state index contributed by atoms with van der Waals surface area (Å²) in [5.74, 6) is 0.180. The second-order valence-electron chi connectivity index (χ2n) is 6.07. The number of rotatable bonds is 6. The lowest BCUT2D eigenvalue weighted by atomic mass is 10.1. The average Bonchev–Trinajstić information content (AvgIpc) is 3.01. The van der Waals surface area contributed by atoms with E-state index in [9.17, 15) is 17.6 Å². The molecule has 3 rings (SSSR count). The number of amides is 1. The van der Waals surface area contributed by atoms with Gasteiger partial charge < -0.3 is 9.47 Å². The van der Waals surface area contributed by atoms with Crippen molar-refractivity contribution in [3.63, 3.8) is 0 Å². The van der Waals surface area contributed by atoms with Crippen LogP contribution < -0.4 is 9.47 Å². The number of halogens is 1. The summed E-state index contributed by atoms with van der Waals surface area (Å²) in [4.78, 5) is 14.2. The summed E-state index contributed by atoms with van der Waals surface area (Å²) in [7, 11) is -1.07. The van der Waals surface area contributed by atoms with Crippen molar-refractivity contribution in [2.45, 2.75) is 11.8 Å². The highest BCUT2D eigenvalue weighted by molar-refractivity contribution is 8.19. The molecule has 0 aromatic heterocycles. The Bertz CT molecular complexity index is 1130. The monoisotopic (exact) mass is 450 g/mol. The van der Waals surface area contributed by atoms with Crippen molar-refractivity contribution in [2.24, 2.45) is 4.40 Å². The molecule has 0 radical (unpaired) electrons. The van der Waals surface area contributed by atoms with Gasteiger partial charge in [0.25, 0.3) is 15.9 Å². The number of sulfonamides is 1. The van der Waals surface area contributed by atoms with Gasteiger partial charge >= 0.3 is 0 Å². The molecular formula is C20H19FN2O5S2. The zero-order valence-corrected chi connectivity index (χ0v) is 18.1. The lowest BCUT2D eigenvalue weighted by molar-refractivity contribution is -0.122. The van der Waals surface area contributed by atoms with Gasteiger partial charge in [-0.05, 0) is 61.2 Å². The molecule has 10 heteroatoms. The lowest BCUT2D eigenvalue weighted by Gasteiger charge is -2.12. The number of thioether (sulfide) groups is 1. The van der Waals surface area contributed by atoms with Crippen LogP contribution in [0.1, 0.15) is 12.5 Å². The van der Waals surface area contributed by atoms with Gasteiger partial charge in [-0.3, -0.25) is 9.69 Å². The normalized spacial score (nSPS) is 17.1. The summed E-state index contributed by atoms with van der Waals surface area (Å²) in [6, 6.07) is 9.49. The minimum Gasteiger partial charge on any atom is -0.497 e. The molecule has 2 aromatic carbocycles. The van der Waals surface area contributed by atoms with Crippen molar-refractivity contribution in [2.75, 3.05) is 20.8 Å². The van der Waals surface area contributed by atoms with E-state index in [0.29, 0.717) is 22.0 Å². The number of nitrogens with zero attached hydrogens (tertiary/aromatic N) is 2. The number of hydrogen-bond donors (Lipinski definition) is 0. The number of likely N-dealkylation sites (N-methyl/N-ethyl adjacent to an activating group) is 1. The molecule has 0 N–H and O–H groups in total. The van der Waals surface area contributed by atoms with Crippen molar-refractivity contribution < 1.29 is 27.1 Å². The molecule has 2 aromatic rings. The van der Waals surface area contributed by atoms with Gasteiger partial charge in [-0.15, -0.1) is 4.40 Å². The van der Waals surface area contributed by atoms with Crippen LogP contribution in [0, 0.1) is 5.82 Å². The van der Waals surface area contributed by atoms with E-state index in [1.807, 2.05) is 0 Å². The summed E-state index contributed by atoms with van der Waals surface area (Å²) < 4.78 is 52.6. The Hall–Kier alpha value is -2.85. The van der Waals surface area contributed by atoms with Gasteiger partial charge in [0.05, 0.1) is 24.0 Å². The van der Waals surface area contributed by atoms with Crippen molar-refractivity contribution in [3.8, 4) is 11.5 Å². The fourth-order valence-electron chi connectivity index (χ4n) is 2.70. The van der Waals surface area contributed by atoms with Gasteiger partial charge in [-0.2, -0.15) is 8.42 Å². The Labute approximate surface area is 178 Å². The van der Waals surface area contributed by atoms with Gasteiger partial charge in [-0.1, -0.05) is 0 Å². The van der Waals surface area contributed by atoms with Gasteiger partial charge in [-0.25, -0.2) is 4.39 Å². The fraction of sp³-hybridized carbons (Fsp3) is 0.200. The maximum atomic E-state index is 13.1. The standard InChI is InChI=1S/C20H19FN2O5S2/c1-4-23-19(24)18(11-13-5-8-15(27-2)12-17(13)28-3)29-20(23)22-30(25,26)16-9-6-14(21)7-10-16/h5-12H,4H2,1-3H3. The summed E-state index contributed by atoms with van der Waals surface area (Å²) in [5.41, 5.74) is 0.632. The predicted molar refractivity (Wildman–Crippen MR) is 114 cm³/mol. The predicted octanol–water partition coefficient (Wildman–Crippen LogP) is 3.52. The first-order valence-electron chi connectivity index (χ1n) is 8.83. The maximum Gasteiger partial charge on any atom is 0.284 e. The molecule has 0 atom stereocenters. The molecule has 7 nitrogen and oxygen atoms in total. The SMILES string of the molecule is CCN1C(=O)C(=Cc2ccc(OC)cc2OC)SC1=NS(=O)(=O)c1ccc(F)cc1. The molecule has 0 saturated carbocycles. The first-order valence-corrected chi connectivity index (χ1v) is 11.1. The highest BCUT2D eigenvalue weighted by Gasteiger charge is 2.34. The molecule has 0 bridgehead atoms. The number of amidine groups is 1. The Morgan fingerprint density at radius 1 is 1.13 bits per heavy atom. The third-order valence-electron chi connectivity index (χ3n) is 4.24. The zero-order valence-electron chi connectivity index (χ0n) is 16.5. The van der Waals surface area contributed by atoms with E-state index in [4.69, 9.17) is 9.47 Å². The molecule has 1 amide bonds. The Balaban J connectivity index is 1.98. The molecule has 1 saturated heterocycles. The number of hydrogen-bond acceptors (Lipinski definition) is 6. The second-order valence-corrected chi connectivity index (χ2v) is 8.68. The molecule has 30 heavy (non-hydrogen) atoms. The summed E-state index contributed by atoms with van der Waals surface area (Å²) in [5, 5.41) is 0.0329. The minimum atomic E-state index is -4.11. The summed E-state index contributed by atoms with van der Waals surface area (Å²) in [6.07, 6.45) is 1.61. The van der Waals surface area contributed by atoms with E-state index < -0.39 is 15.8 Å². The molecular weight excluding hydrogens is 431 g/mol. The number of carbonyl (C=O) groups excluding carboxylic acids is 1. The molecule has 1 aliphatic rings. The van der Waals surface area contributed by atoms with E-state index in [2.05, 4.69) is 4.40 Å². The quantitative estimate of drug-likeness (QED) is 0.626. The molecule has 1 heterocycles. The van der Waals surface area contributed by atoms with Crippen LogP contribution in [0.5, 0.6) is 11.5 Å². The third kappa shape index (κ3) is 4.49. The second kappa shape index (κ2) is 8.88. The molecule has 0 unspecified atom stereocenters. The Kier molecular flexibility index (Phi) is 6.47. The zero-order chi connectivity index (χ0) is 21.9. The van der Waals surface area contributed by atoms with Gasteiger partial charge in [0.2, 0.25) is 0 Å².